The van der Waals surface area contributed by atoms with Gasteiger partial charge in [0.15, 0.2) is 0 Å². The molecule has 0 spiro atoms. The Morgan fingerprint density at radius 1 is 1.47 bits per heavy atom. The molecule has 0 atom stereocenters. The first-order chi connectivity index (χ1) is 9.04. The van der Waals surface area contributed by atoms with Gasteiger partial charge in [-0.15, -0.1) is 0 Å². The lowest BCUT2D eigenvalue weighted by molar-refractivity contribution is 0.0924. The molecule has 1 amide bonds. The van der Waals surface area contributed by atoms with Crippen LogP contribution in [0, 0.1) is 0 Å². The summed E-state index contributed by atoms with van der Waals surface area (Å²) in [5.74, 6) is 0.0395. The Labute approximate surface area is 112 Å². The van der Waals surface area contributed by atoms with Crippen LogP contribution in [-0.4, -0.2) is 37.9 Å². The fourth-order valence-electron chi connectivity index (χ4n) is 1.41. The number of ether oxygens (including phenoxy) is 2. The van der Waals surface area contributed by atoms with Crippen LogP contribution in [0.5, 0.6) is 11.5 Å². The Hall–Kier alpha value is -2.01. The third-order valence-corrected chi connectivity index (χ3v) is 2.33. The van der Waals surface area contributed by atoms with Gasteiger partial charge >= 0.3 is 0 Å². The molecule has 0 fully saturated rings. The van der Waals surface area contributed by atoms with E-state index in [-0.39, 0.29) is 17.2 Å². The molecule has 2 N–H and O–H groups in total. The minimum Gasteiger partial charge on any atom is -0.507 e. The first-order valence-electron chi connectivity index (χ1n) is 5.92. The Bertz CT molecular complexity index is 457. The van der Waals surface area contributed by atoms with Crippen LogP contribution in [0.25, 0.3) is 0 Å². The smallest absolute Gasteiger partial charge is 0.255 e. The quantitative estimate of drug-likeness (QED) is 0.582. The standard InChI is InChI=1S/C14H19NO4/c1-10(2)9-19-7-6-15-14(17)12-5-4-11(18-3)8-13(12)16/h4-5,8,16H,1,6-7,9H2,2-3H3,(H,15,17). The molecule has 0 unspecified atom stereocenters. The molecule has 5 nitrogen and oxygen atoms in total. The lowest BCUT2D eigenvalue weighted by atomic mass is 10.2. The van der Waals surface area contributed by atoms with Gasteiger partial charge in [-0.3, -0.25) is 4.79 Å². The first-order valence-corrected chi connectivity index (χ1v) is 5.92. The fraction of sp³-hybridized carbons (Fsp3) is 0.357. The van der Waals surface area contributed by atoms with E-state index in [9.17, 15) is 9.90 Å². The number of hydrogen-bond acceptors (Lipinski definition) is 4. The summed E-state index contributed by atoms with van der Waals surface area (Å²) in [7, 11) is 1.49. The zero-order valence-corrected chi connectivity index (χ0v) is 11.2. The van der Waals surface area contributed by atoms with E-state index >= 15 is 0 Å². The summed E-state index contributed by atoms with van der Waals surface area (Å²) in [6, 6.07) is 4.52. The molecule has 1 aromatic rings. The van der Waals surface area contributed by atoms with Crippen molar-refractivity contribution in [2.45, 2.75) is 6.92 Å². The normalized spacial score (nSPS) is 10.0. The van der Waals surface area contributed by atoms with E-state index in [1.165, 1.54) is 19.2 Å². The number of carbonyl (C=O) groups excluding carboxylic acids is 1. The summed E-state index contributed by atoms with van der Waals surface area (Å²) in [4.78, 5) is 11.8. The predicted molar refractivity (Wildman–Crippen MR) is 72.6 cm³/mol. The zero-order valence-electron chi connectivity index (χ0n) is 11.2. The third-order valence-electron chi connectivity index (χ3n) is 2.33. The zero-order chi connectivity index (χ0) is 14.3. The largest absolute Gasteiger partial charge is 0.507 e. The Morgan fingerprint density at radius 3 is 2.79 bits per heavy atom. The second-order valence-corrected chi connectivity index (χ2v) is 4.15. The number of phenolic OH excluding ortho intramolecular Hbond substituents is 1. The molecule has 0 saturated carbocycles. The molecule has 0 aliphatic carbocycles. The van der Waals surface area contributed by atoms with Gasteiger partial charge in [-0.05, 0) is 19.1 Å². The Morgan fingerprint density at radius 2 is 2.21 bits per heavy atom. The Kier molecular flexibility index (Phi) is 5.89. The second-order valence-electron chi connectivity index (χ2n) is 4.15. The van der Waals surface area contributed by atoms with Crippen LogP contribution >= 0.6 is 0 Å². The molecular weight excluding hydrogens is 246 g/mol. The molecule has 1 aromatic carbocycles. The summed E-state index contributed by atoms with van der Waals surface area (Å²) in [6.45, 7) is 6.82. The Balaban J connectivity index is 2.43. The maximum absolute atomic E-state index is 11.8. The molecule has 19 heavy (non-hydrogen) atoms. The van der Waals surface area contributed by atoms with Crippen molar-refractivity contribution in [1.82, 2.24) is 5.32 Å². The third kappa shape index (κ3) is 5.01. The van der Waals surface area contributed by atoms with Crippen molar-refractivity contribution in [3.05, 3.63) is 35.9 Å². The molecule has 0 saturated heterocycles. The highest BCUT2D eigenvalue weighted by Gasteiger charge is 2.11. The van der Waals surface area contributed by atoms with Crippen LogP contribution in [0.3, 0.4) is 0 Å². The van der Waals surface area contributed by atoms with Crippen LogP contribution in [0.1, 0.15) is 17.3 Å². The minimum absolute atomic E-state index is 0.111. The number of hydrogen-bond donors (Lipinski definition) is 2. The summed E-state index contributed by atoms with van der Waals surface area (Å²) in [5, 5.41) is 12.3. The van der Waals surface area contributed by atoms with Crippen LogP contribution in [0.4, 0.5) is 0 Å². The molecule has 0 aromatic heterocycles. The van der Waals surface area contributed by atoms with Crippen LogP contribution < -0.4 is 10.1 Å². The van der Waals surface area contributed by atoms with E-state index in [2.05, 4.69) is 11.9 Å². The van der Waals surface area contributed by atoms with Crippen LogP contribution in [0.2, 0.25) is 0 Å². The molecule has 0 radical (unpaired) electrons. The highest BCUT2D eigenvalue weighted by atomic mass is 16.5. The van der Waals surface area contributed by atoms with Gasteiger partial charge in [0, 0.05) is 12.6 Å². The molecular formula is C14H19NO4. The van der Waals surface area contributed by atoms with Crippen molar-refractivity contribution >= 4 is 5.91 Å². The number of phenols is 1. The molecule has 1 rings (SSSR count). The summed E-state index contributed by atoms with van der Waals surface area (Å²) >= 11 is 0. The lowest BCUT2D eigenvalue weighted by Crippen LogP contribution is -2.27. The first kappa shape index (κ1) is 15.0. The van der Waals surface area contributed by atoms with E-state index in [0.29, 0.717) is 25.5 Å². The number of aromatic hydroxyl groups is 1. The lowest BCUT2D eigenvalue weighted by Gasteiger charge is -2.08. The number of carbonyl (C=O) groups is 1. The van der Waals surface area contributed by atoms with Gasteiger partial charge in [-0.25, -0.2) is 0 Å². The second kappa shape index (κ2) is 7.43. The average Bonchev–Trinajstić information content (AvgIpc) is 2.37. The van der Waals surface area contributed by atoms with Crippen molar-refractivity contribution < 1.29 is 19.4 Å². The maximum atomic E-state index is 11.8. The van der Waals surface area contributed by atoms with Gasteiger partial charge in [0.1, 0.15) is 11.5 Å². The van der Waals surface area contributed by atoms with Crippen molar-refractivity contribution in [3.8, 4) is 11.5 Å². The van der Waals surface area contributed by atoms with Crippen molar-refractivity contribution in [3.63, 3.8) is 0 Å². The van der Waals surface area contributed by atoms with Gasteiger partial charge in [-0.2, -0.15) is 0 Å². The van der Waals surface area contributed by atoms with Gasteiger partial charge in [0.2, 0.25) is 0 Å². The highest BCUT2D eigenvalue weighted by Crippen LogP contribution is 2.22. The van der Waals surface area contributed by atoms with E-state index in [1.807, 2.05) is 6.92 Å². The van der Waals surface area contributed by atoms with Crippen molar-refractivity contribution in [2.75, 3.05) is 26.9 Å². The van der Waals surface area contributed by atoms with E-state index in [4.69, 9.17) is 9.47 Å². The number of amides is 1. The molecule has 0 heterocycles. The monoisotopic (exact) mass is 265 g/mol. The van der Waals surface area contributed by atoms with Gasteiger partial charge < -0.3 is 19.9 Å². The van der Waals surface area contributed by atoms with Crippen molar-refractivity contribution in [1.29, 1.82) is 0 Å². The predicted octanol–water partition coefficient (Wildman–Crippen LogP) is 1.72. The van der Waals surface area contributed by atoms with E-state index in [0.717, 1.165) is 5.57 Å². The summed E-state index contributed by atoms with van der Waals surface area (Å²) in [6.07, 6.45) is 0. The average molecular weight is 265 g/mol. The fourth-order valence-corrected chi connectivity index (χ4v) is 1.41. The molecule has 5 heteroatoms. The van der Waals surface area contributed by atoms with Gasteiger partial charge in [0.25, 0.3) is 5.91 Å². The number of nitrogens with one attached hydrogen (secondary N) is 1. The number of benzene rings is 1. The minimum atomic E-state index is -0.348. The van der Waals surface area contributed by atoms with Gasteiger partial charge in [-0.1, -0.05) is 12.2 Å². The molecule has 0 aliphatic rings. The number of methoxy groups -OCH3 is 1. The molecule has 0 aliphatic heterocycles. The highest BCUT2D eigenvalue weighted by molar-refractivity contribution is 5.96. The van der Waals surface area contributed by atoms with E-state index in [1.54, 1.807) is 6.07 Å². The number of rotatable bonds is 7. The van der Waals surface area contributed by atoms with Gasteiger partial charge in [0.05, 0.1) is 25.9 Å². The molecule has 0 bridgehead atoms. The summed E-state index contributed by atoms with van der Waals surface area (Å²) in [5.41, 5.74) is 1.14. The SMILES string of the molecule is C=C(C)COCCNC(=O)c1ccc(OC)cc1O. The van der Waals surface area contributed by atoms with Crippen LogP contribution in [-0.2, 0) is 4.74 Å². The van der Waals surface area contributed by atoms with E-state index < -0.39 is 0 Å². The molecule has 104 valence electrons. The summed E-state index contributed by atoms with van der Waals surface area (Å²) < 4.78 is 10.2. The topological polar surface area (TPSA) is 67.8 Å². The maximum Gasteiger partial charge on any atom is 0.255 e. The van der Waals surface area contributed by atoms with Crippen LogP contribution in [0.15, 0.2) is 30.4 Å². The van der Waals surface area contributed by atoms with Crippen molar-refractivity contribution in [2.24, 2.45) is 0 Å².